The lowest BCUT2D eigenvalue weighted by molar-refractivity contribution is 0.0578. The van der Waals surface area contributed by atoms with Gasteiger partial charge in [-0.3, -0.25) is 9.59 Å². The number of carbonyl (C=O) groups excluding carboxylic acids is 2. The Morgan fingerprint density at radius 2 is 1.65 bits per heavy atom. The van der Waals surface area contributed by atoms with E-state index in [9.17, 15) is 14.7 Å². The predicted octanol–water partition coefficient (Wildman–Crippen LogP) is 2.48. The Bertz CT molecular complexity index is 658. The van der Waals surface area contributed by atoms with Crippen molar-refractivity contribution in [2.24, 2.45) is 0 Å². The van der Waals surface area contributed by atoms with Gasteiger partial charge in [-0.2, -0.15) is 0 Å². The molecule has 2 aromatic rings. The fourth-order valence-electron chi connectivity index (χ4n) is 2.37. The van der Waals surface area contributed by atoms with Crippen molar-refractivity contribution in [1.29, 1.82) is 0 Å². The first-order valence-electron chi connectivity index (χ1n) is 7.66. The second kappa shape index (κ2) is 7.24. The van der Waals surface area contributed by atoms with E-state index in [1.54, 1.807) is 54.5 Å². The molecule has 0 spiro atoms. The summed E-state index contributed by atoms with van der Waals surface area (Å²) in [6.45, 7) is 5.75. The Hall–Kier alpha value is -2.40. The number of aliphatic hydroxyl groups excluding tert-OH is 1. The summed E-state index contributed by atoms with van der Waals surface area (Å²) in [5.74, 6) is -0.239. The van der Waals surface area contributed by atoms with Gasteiger partial charge in [-0.05, 0) is 39.0 Å². The summed E-state index contributed by atoms with van der Waals surface area (Å²) in [5, 5.41) is 9.55. The third-order valence-corrected chi connectivity index (χ3v) is 3.60. The van der Waals surface area contributed by atoms with Crippen molar-refractivity contribution in [1.82, 2.24) is 9.88 Å². The van der Waals surface area contributed by atoms with Crippen LogP contribution in [0.3, 0.4) is 0 Å². The zero-order chi connectivity index (χ0) is 17.0. The minimum Gasteiger partial charge on any atom is -0.392 e. The second-order valence-electron chi connectivity index (χ2n) is 5.91. The van der Waals surface area contributed by atoms with E-state index < -0.39 is 6.10 Å². The zero-order valence-corrected chi connectivity index (χ0v) is 13.6. The number of carbonyl (C=O) groups is 2. The van der Waals surface area contributed by atoms with Crippen molar-refractivity contribution >= 4 is 11.7 Å². The fraction of sp³-hybridized carbons (Fsp3) is 0.333. The summed E-state index contributed by atoms with van der Waals surface area (Å²) in [5.41, 5.74) is 1.62. The molecule has 0 aliphatic rings. The molecule has 1 heterocycles. The minimum atomic E-state index is -0.587. The van der Waals surface area contributed by atoms with E-state index in [0.29, 0.717) is 16.7 Å². The van der Waals surface area contributed by atoms with Crippen LogP contribution in [-0.4, -0.2) is 45.4 Å². The smallest absolute Gasteiger partial charge is 0.254 e. The van der Waals surface area contributed by atoms with E-state index in [0.717, 1.165) is 0 Å². The predicted molar refractivity (Wildman–Crippen MR) is 88.5 cm³/mol. The molecule has 0 radical (unpaired) electrons. The molecule has 0 saturated carbocycles. The molecule has 2 N–H and O–H groups in total. The van der Waals surface area contributed by atoms with Gasteiger partial charge < -0.3 is 15.0 Å². The molecular weight excluding hydrogens is 292 g/mol. The lowest BCUT2D eigenvalue weighted by Crippen LogP contribution is -2.41. The Morgan fingerprint density at radius 1 is 1.04 bits per heavy atom. The first kappa shape index (κ1) is 17.0. The zero-order valence-electron chi connectivity index (χ0n) is 13.6. The normalized spacial score (nSPS) is 12.2. The monoisotopic (exact) mass is 314 g/mol. The number of benzene rings is 1. The van der Waals surface area contributed by atoms with Crippen LogP contribution < -0.4 is 0 Å². The van der Waals surface area contributed by atoms with E-state index in [1.165, 1.54) is 0 Å². The quantitative estimate of drug-likeness (QED) is 0.805. The molecule has 0 saturated heterocycles. The third-order valence-electron chi connectivity index (χ3n) is 3.60. The molecule has 122 valence electrons. The summed E-state index contributed by atoms with van der Waals surface area (Å²) in [6, 6.07) is 8.31. The van der Waals surface area contributed by atoms with Gasteiger partial charge in [-0.1, -0.05) is 12.1 Å². The Kier molecular flexibility index (Phi) is 5.34. The number of amides is 1. The van der Waals surface area contributed by atoms with Gasteiger partial charge in [-0.15, -0.1) is 0 Å². The van der Waals surface area contributed by atoms with Gasteiger partial charge >= 0.3 is 0 Å². The summed E-state index contributed by atoms with van der Waals surface area (Å²) < 4.78 is 0. The molecule has 0 aliphatic heterocycles. The molecule has 1 aromatic heterocycles. The number of aromatic amines is 1. The number of aromatic nitrogens is 1. The third kappa shape index (κ3) is 4.07. The molecule has 0 aliphatic carbocycles. The molecule has 1 atom stereocenters. The first-order chi connectivity index (χ1) is 10.9. The molecule has 23 heavy (non-hydrogen) atoms. The SMILES string of the molecule is CC(O)CN(C(=O)c1ccc(C(=O)c2cc[nH]c2)cc1)C(C)C. The van der Waals surface area contributed by atoms with E-state index in [1.807, 2.05) is 13.8 Å². The number of aliphatic hydroxyl groups is 1. The van der Waals surface area contributed by atoms with Gasteiger partial charge in [0.25, 0.3) is 5.91 Å². The van der Waals surface area contributed by atoms with Crippen LogP contribution in [0.2, 0.25) is 0 Å². The molecule has 1 aromatic carbocycles. The largest absolute Gasteiger partial charge is 0.392 e. The number of nitrogens with zero attached hydrogens (tertiary/aromatic N) is 1. The average molecular weight is 314 g/mol. The van der Waals surface area contributed by atoms with E-state index in [4.69, 9.17) is 0 Å². The van der Waals surface area contributed by atoms with Gasteiger partial charge in [-0.25, -0.2) is 0 Å². The standard InChI is InChI=1S/C18H22N2O3/c1-12(2)20(11-13(3)21)18(23)15-6-4-14(5-7-15)17(22)16-8-9-19-10-16/h4-10,12-13,19,21H,11H2,1-3H3. The van der Waals surface area contributed by atoms with Crippen molar-refractivity contribution in [2.45, 2.75) is 32.9 Å². The molecule has 0 fully saturated rings. The van der Waals surface area contributed by atoms with Crippen LogP contribution in [0.4, 0.5) is 0 Å². The van der Waals surface area contributed by atoms with Crippen molar-refractivity contribution < 1.29 is 14.7 Å². The minimum absolute atomic E-state index is 0.0155. The second-order valence-corrected chi connectivity index (χ2v) is 5.91. The van der Waals surface area contributed by atoms with Gasteiger partial charge in [0.05, 0.1) is 6.10 Å². The van der Waals surface area contributed by atoms with Crippen LogP contribution in [0.15, 0.2) is 42.7 Å². The number of hydrogen-bond donors (Lipinski definition) is 2. The molecule has 0 bridgehead atoms. The Morgan fingerprint density at radius 3 is 2.13 bits per heavy atom. The van der Waals surface area contributed by atoms with E-state index in [2.05, 4.69) is 4.98 Å². The molecule has 5 nitrogen and oxygen atoms in total. The van der Waals surface area contributed by atoms with Crippen LogP contribution in [0.5, 0.6) is 0 Å². The van der Waals surface area contributed by atoms with Crippen molar-refractivity contribution in [3.05, 3.63) is 59.4 Å². The highest BCUT2D eigenvalue weighted by Gasteiger charge is 2.20. The highest BCUT2D eigenvalue weighted by Crippen LogP contribution is 2.14. The Labute approximate surface area is 135 Å². The van der Waals surface area contributed by atoms with Gasteiger partial charge in [0.15, 0.2) is 5.78 Å². The first-order valence-corrected chi connectivity index (χ1v) is 7.66. The molecule has 2 rings (SSSR count). The summed E-state index contributed by atoms with van der Waals surface area (Å²) >= 11 is 0. The van der Waals surface area contributed by atoms with Crippen LogP contribution in [0, 0.1) is 0 Å². The van der Waals surface area contributed by atoms with E-state index >= 15 is 0 Å². The van der Waals surface area contributed by atoms with Gasteiger partial charge in [0.1, 0.15) is 0 Å². The topological polar surface area (TPSA) is 73.4 Å². The van der Waals surface area contributed by atoms with Crippen LogP contribution >= 0.6 is 0 Å². The summed E-state index contributed by atoms with van der Waals surface area (Å²) in [7, 11) is 0. The van der Waals surface area contributed by atoms with Crippen molar-refractivity contribution in [3.63, 3.8) is 0 Å². The Balaban J connectivity index is 2.18. The molecule has 5 heteroatoms. The van der Waals surface area contributed by atoms with Crippen molar-refractivity contribution in [3.8, 4) is 0 Å². The summed E-state index contributed by atoms with van der Waals surface area (Å²) in [6.07, 6.45) is 2.75. The number of hydrogen-bond acceptors (Lipinski definition) is 3. The lowest BCUT2D eigenvalue weighted by Gasteiger charge is -2.28. The number of ketones is 1. The highest BCUT2D eigenvalue weighted by molar-refractivity contribution is 6.09. The van der Waals surface area contributed by atoms with Crippen molar-refractivity contribution in [2.75, 3.05) is 6.54 Å². The summed E-state index contributed by atoms with van der Waals surface area (Å²) in [4.78, 5) is 29.3. The number of nitrogens with one attached hydrogen (secondary N) is 1. The fourth-order valence-corrected chi connectivity index (χ4v) is 2.37. The van der Waals surface area contributed by atoms with Gasteiger partial charge in [0, 0.05) is 41.7 Å². The van der Waals surface area contributed by atoms with Gasteiger partial charge in [0.2, 0.25) is 0 Å². The van der Waals surface area contributed by atoms with Crippen LogP contribution in [0.25, 0.3) is 0 Å². The maximum absolute atomic E-state index is 12.6. The lowest BCUT2D eigenvalue weighted by atomic mass is 10.0. The van der Waals surface area contributed by atoms with E-state index in [-0.39, 0.29) is 24.3 Å². The highest BCUT2D eigenvalue weighted by atomic mass is 16.3. The van der Waals surface area contributed by atoms with Crippen LogP contribution in [-0.2, 0) is 0 Å². The van der Waals surface area contributed by atoms with Crippen LogP contribution in [0.1, 0.15) is 47.1 Å². The maximum atomic E-state index is 12.6. The molecular formula is C18H22N2O3. The number of rotatable bonds is 6. The molecule has 1 amide bonds. The number of H-pyrrole nitrogens is 1. The average Bonchev–Trinajstić information content (AvgIpc) is 3.05. The maximum Gasteiger partial charge on any atom is 0.254 e. The molecule has 1 unspecified atom stereocenters.